The summed E-state index contributed by atoms with van der Waals surface area (Å²) in [6.45, 7) is 2.79. The van der Waals surface area contributed by atoms with Crippen LogP contribution in [0.3, 0.4) is 0 Å². The number of rotatable bonds is 4. The largest absolute Gasteiger partial charge is 0.342 e. The van der Waals surface area contributed by atoms with Crippen molar-refractivity contribution in [2.24, 2.45) is 0 Å². The van der Waals surface area contributed by atoms with Crippen molar-refractivity contribution in [3.8, 4) is 0 Å². The molecule has 1 amide bonds. The molecule has 0 aromatic heterocycles. The third kappa shape index (κ3) is 4.02. The van der Waals surface area contributed by atoms with Gasteiger partial charge in [-0.3, -0.25) is 4.79 Å². The molecule has 1 saturated heterocycles. The molecule has 1 aromatic carbocycles. The van der Waals surface area contributed by atoms with Crippen molar-refractivity contribution in [2.45, 2.75) is 37.9 Å². The average Bonchev–Trinajstić information content (AvgIpc) is 2.64. The van der Waals surface area contributed by atoms with Gasteiger partial charge in [0.1, 0.15) is 0 Å². The fraction of sp³-hybridized carbons (Fsp3) is 0.562. The van der Waals surface area contributed by atoms with Crippen LogP contribution in [0.5, 0.6) is 0 Å². The number of benzene rings is 1. The van der Waals surface area contributed by atoms with Crippen LogP contribution in [-0.4, -0.2) is 38.1 Å². The summed E-state index contributed by atoms with van der Waals surface area (Å²) in [5.41, 5.74) is 0.645. The normalized spacial score (nSPS) is 21.4. The first-order valence-corrected chi connectivity index (χ1v) is 9.79. The number of nitrogens with zero attached hydrogens (tertiary/aromatic N) is 1. The number of carbonyl (C=O) groups is 1. The zero-order chi connectivity index (χ0) is 16.2. The molecule has 0 spiro atoms. The van der Waals surface area contributed by atoms with Crippen molar-refractivity contribution in [1.29, 1.82) is 0 Å². The minimum Gasteiger partial charge on any atom is -0.342 e. The van der Waals surface area contributed by atoms with E-state index >= 15 is 0 Å². The molecule has 4 nitrogen and oxygen atoms in total. The van der Waals surface area contributed by atoms with Crippen molar-refractivity contribution in [3.63, 3.8) is 0 Å². The molecule has 122 valence electrons. The van der Waals surface area contributed by atoms with Gasteiger partial charge in [0.2, 0.25) is 5.91 Å². The van der Waals surface area contributed by atoms with Crippen molar-refractivity contribution < 1.29 is 13.2 Å². The fourth-order valence-corrected chi connectivity index (χ4v) is 4.91. The van der Waals surface area contributed by atoms with Gasteiger partial charge in [-0.15, -0.1) is 0 Å². The van der Waals surface area contributed by atoms with E-state index in [-0.39, 0.29) is 18.2 Å². The Balaban J connectivity index is 2.18. The monoisotopic (exact) mass is 343 g/mol. The van der Waals surface area contributed by atoms with Gasteiger partial charge < -0.3 is 4.90 Å². The lowest BCUT2D eigenvalue weighted by Crippen LogP contribution is -2.33. The Bertz CT molecular complexity index is 630. The summed E-state index contributed by atoms with van der Waals surface area (Å²) in [6, 6.07) is 7.06. The molecule has 1 aliphatic heterocycles. The molecule has 1 atom stereocenters. The van der Waals surface area contributed by atoms with E-state index in [1.807, 2.05) is 6.92 Å². The van der Waals surface area contributed by atoms with Gasteiger partial charge in [-0.1, -0.05) is 43.1 Å². The Kier molecular flexibility index (Phi) is 5.87. The molecule has 22 heavy (non-hydrogen) atoms. The minimum atomic E-state index is -3.30. The smallest absolute Gasteiger partial charge is 0.222 e. The summed E-state index contributed by atoms with van der Waals surface area (Å²) in [5.74, 6) is 0.0534. The van der Waals surface area contributed by atoms with E-state index in [9.17, 15) is 13.2 Å². The molecule has 1 aromatic rings. The van der Waals surface area contributed by atoms with Crippen LogP contribution in [0.2, 0.25) is 5.02 Å². The summed E-state index contributed by atoms with van der Waals surface area (Å²) in [7, 11) is -3.30. The molecule has 1 unspecified atom stereocenters. The number of hydrogen-bond donors (Lipinski definition) is 0. The fourth-order valence-electron chi connectivity index (χ4n) is 2.76. The molecule has 1 fully saturated rings. The molecule has 1 aliphatic rings. The van der Waals surface area contributed by atoms with E-state index in [1.54, 1.807) is 29.2 Å². The minimum absolute atomic E-state index is 0.000749. The van der Waals surface area contributed by atoms with E-state index in [2.05, 4.69) is 0 Å². The predicted octanol–water partition coefficient (Wildman–Crippen LogP) is 3.22. The van der Waals surface area contributed by atoms with E-state index in [0.717, 1.165) is 12.8 Å². The first-order chi connectivity index (χ1) is 10.5. The van der Waals surface area contributed by atoms with Gasteiger partial charge in [0, 0.05) is 24.5 Å². The van der Waals surface area contributed by atoms with Crippen molar-refractivity contribution in [1.82, 2.24) is 4.90 Å². The molecule has 0 aliphatic carbocycles. The van der Waals surface area contributed by atoms with Gasteiger partial charge in [0.25, 0.3) is 0 Å². The molecule has 6 heteroatoms. The second-order valence-corrected chi connectivity index (χ2v) is 8.36. The SMILES string of the molecule is CCCCC(=O)N1CCC(c2ccccc2Cl)S(=O)(=O)CC1. The second-order valence-electron chi connectivity index (χ2n) is 5.65. The van der Waals surface area contributed by atoms with Crippen molar-refractivity contribution in [2.75, 3.05) is 18.8 Å². The summed E-state index contributed by atoms with van der Waals surface area (Å²) in [5, 5.41) is -0.146. The molecule has 0 saturated carbocycles. The topological polar surface area (TPSA) is 54.5 Å². The maximum absolute atomic E-state index is 12.5. The highest BCUT2D eigenvalue weighted by Gasteiger charge is 2.33. The van der Waals surface area contributed by atoms with Gasteiger partial charge >= 0.3 is 0 Å². The van der Waals surface area contributed by atoms with Gasteiger partial charge in [0.05, 0.1) is 11.0 Å². The number of sulfone groups is 1. The van der Waals surface area contributed by atoms with E-state index in [1.165, 1.54) is 0 Å². The summed E-state index contributed by atoms with van der Waals surface area (Å²) in [4.78, 5) is 13.8. The number of amides is 1. The Morgan fingerprint density at radius 1 is 1.32 bits per heavy atom. The third-order valence-corrected chi connectivity index (χ3v) is 6.54. The maximum Gasteiger partial charge on any atom is 0.222 e. The standard InChI is InChI=1S/C16H22ClNO3S/c1-2-3-8-16(19)18-10-9-15(22(20,21)12-11-18)13-6-4-5-7-14(13)17/h4-7,15H,2-3,8-12H2,1H3. The Morgan fingerprint density at radius 3 is 2.73 bits per heavy atom. The first-order valence-electron chi connectivity index (χ1n) is 7.69. The van der Waals surface area contributed by atoms with Crippen molar-refractivity contribution >= 4 is 27.3 Å². The number of unbranched alkanes of at least 4 members (excludes halogenated alkanes) is 1. The number of halogens is 1. The van der Waals surface area contributed by atoms with Crippen LogP contribution >= 0.6 is 11.6 Å². The van der Waals surface area contributed by atoms with Crippen LogP contribution in [-0.2, 0) is 14.6 Å². The summed E-state index contributed by atoms with van der Waals surface area (Å²) >= 11 is 6.16. The third-order valence-electron chi connectivity index (χ3n) is 4.09. The Hall–Kier alpha value is -1.07. The second kappa shape index (κ2) is 7.47. The number of carbonyl (C=O) groups excluding carboxylic acids is 1. The lowest BCUT2D eigenvalue weighted by Gasteiger charge is -2.20. The van der Waals surface area contributed by atoms with Gasteiger partial charge in [-0.25, -0.2) is 8.42 Å². The van der Waals surface area contributed by atoms with Gasteiger partial charge in [0.15, 0.2) is 9.84 Å². The first kappa shape index (κ1) is 17.3. The van der Waals surface area contributed by atoms with Crippen LogP contribution in [0.15, 0.2) is 24.3 Å². The van der Waals surface area contributed by atoms with Crippen LogP contribution in [0.1, 0.15) is 43.4 Å². The molecule has 0 N–H and O–H groups in total. The molecular weight excluding hydrogens is 322 g/mol. The maximum atomic E-state index is 12.5. The van der Waals surface area contributed by atoms with Gasteiger partial charge in [-0.05, 0) is 24.5 Å². The van der Waals surface area contributed by atoms with E-state index < -0.39 is 15.1 Å². The van der Waals surface area contributed by atoms with Crippen LogP contribution < -0.4 is 0 Å². The van der Waals surface area contributed by atoms with Crippen LogP contribution in [0, 0.1) is 0 Å². The van der Waals surface area contributed by atoms with Gasteiger partial charge in [-0.2, -0.15) is 0 Å². The number of hydrogen-bond acceptors (Lipinski definition) is 3. The Morgan fingerprint density at radius 2 is 2.05 bits per heavy atom. The zero-order valence-electron chi connectivity index (χ0n) is 12.8. The van der Waals surface area contributed by atoms with Crippen LogP contribution in [0.25, 0.3) is 0 Å². The van der Waals surface area contributed by atoms with Crippen molar-refractivity contribution in [3.05, 3.63) is 34.9 Å². The Labute approximate surface area is 137 Å². The summed E-state index contributed by atoms with van der Waals surface area (Å²) < 4.78 is 25.1. The molecule has 2 rings (SSSR count). The lowest BCUT2D eigenvalue weighted by atomic mass is 10.1. The van der Waals surface area contributed by atoms with E-state index in [4.69, 9.17) is 11.6 Å². The van der Waals surface area contributed by atoms with Crippen LogP contribution in [0.4, 0.5) is 0 Å². The molecule has 0 radical (unpaired) electrons. The molecule has 1 heterocycles. The highest BCUT2D eigenvalue weighted by Crippen LogP contribution is 2.33. The lowest BCUT2D eigenvalue weighted by molar-refractivity contribution is -0.131. The predicted molar refractivity (Wildman–Crippen MR) is 88.7 cm³/mol. The molecular formula is C16H22ClNO3S. The van der Waals surface area contributed by atoms with E-state index in [0.29, 0.717) is 30.0 Å². The highest BCUT2D eigenvalue weighted by molar-refractivity contribution is 7.91. The zero-order valence-corrected chi connectivity index (χ0v) is 14.4. The average molecular weight is 344 g/mol. The quantitative estimate of drug-likeness (QED) is 0.843. The molecule has 0 bridgehead atoms. The summed E-state index contributed by atoms with van der Waals surface area (Å²) in [6.07, 6.45) is 2.70. The highest BCUT2D eigenvalue weighted by atomic mass is 35.5.